The molecule has 0 aliphatic heterocycles. The Bertz CT molecular complexity index is 399. The van der Waals surface area contributed by atoms with Gasteiger partial charge in [0.1, 0.15) is 0 Å². The highest BCUT2D eigenvalue weighted by atomic mass is 16.7. The first kappa shape index (κ1) is 13.0. The second kappa shape index (κ2) is 5.93. The number of hydrogen-bond acceptors (Lipinski definition) is 4. The van der Waals surface area contributed by atoms with Gasteiger partial charge in [0.2, 0.25) is 0 Å². The predicted octanol–water partition coefficient (Wildman–Crippen LogP) is 3.12. The van der Waals surface area contributed by atoms with E-state index in [0.29, 0.717) is 6.10 Å². The quantitative estimate of drug-likeness (QED) is 0.644. The van der Waals surface area contributed by atoms with E-state index in [1.165, 1.54) is 25.0 Å². The van der Waals surface area contributed by atoms with E-state index in [4.69, 9.17) is 4.84 Å². The van der Waals surface area contributed by atoms with Crippen LogP contribution in [0.1, 0.15) is 44.2 Å². The predicted molar refractivity (Wildman–Crippen MR) is 68.0 cm³/mol. The van der Waals surface area contributed by atoms with Crippen LogP contribution in [0.3, 0.4) is 0 Å². The van der Waals surface area contributed by atoms with E-state index >= 15 is 0 Å². The van der Waals surface area contributed by atoms with Gasteiger partial charge in [0.25, 0.3) is 5.69 Å². The molecular weight excluding hydrogens is 232 g/mol. The summed E-state index contributed by atoms with van der Waals surface area (Å²) in [6.07, 6.45) is 5.00. The molecule has 0 spiro atoms. The number of rotatable bonds is 5. The minimum atomic E-state index is -0.392. The van der Waals surface area contributed by atoms with Gasteiger partial charge in [0.05, 0.1) is 17.1 Å². The van der Waals surface area contributed by atoms with Crippen molar-refractivity contribution < 1.29 is 9.76 Å². The Balaban J connectivity index is 1.87. The number of benzene rings is 1. The average Bonchev–Trinajstić information content (AvgIpc) is 2.89. The first-order chi connectivity index (χ1) is 8.66. The van der Waals surface area contributed by atoms with Crippen molar-refractivity contribution in [3.8, 4) is 0 Å². The molecule has 1 N–H and O–H groups in total. The molecule has 0 amide bonds. The van der Waals surface area contributed by atoms with Crippen LogP contribution >= 0.6 is 0 Å². The summed E-state index contributed by atoms with van der Waals surface area (Å²) in [6.45, 7) is 1.98. The summed E-state index contributed by atoms with van der Waals surface area (Å²) in [5.74, 6) is 0. The third-order valence-electron chi connectivity index (χ3n) is 3.32. The fourth-order valence-corrected chi connectivity index (χ4v) is 2.16. The lowest BCUT2D eigenvalue weighted by atomic mass is 10.1. The molecule has 1 aromatic rings. The van der Waals surface area contributed by atoms with E-state index in [9.17, 15) is 10.1 Å². The smallest absolute Gasteiger partial charge is 0.269 e. The average molecular weight is 250 g/mol. The van der Waals surface area contributed by atoms with Gasteiger partial charge in [-0.2, -0.15) is 5.48 Å². The van der Waals surface area contributed by atoms with E-state index in [1.807, 2.05) is 6.92 Å². The Kier molecular flexibility index (Phi) is 4.28. The van der Waals surface area contributed by atoms with Gasteiger partial charge in [0.15, 0.2) is 0 Å². The Labute approximate surface area is 106 Å². The molecule has 0 radical (unpaired) electrons. The van der Waals surface area contributed by atoms with Crippen LogP contribution in [-0.4, -0.2) is 11.0 Å². The monoisotopic (exact) mass is 250 g/mol. The van der Waals surface area contributed by atoms with Crippen molar-refractivity contribution in [2.45, 2.75) is 44.8 Å². The van der Waals surface area contributed by atoms with Crippen LogP contribution in [0.4, 0.5) is 5.69 Å². The van der Waals surface area contributed by atoms with Crippen molar-refractivity contribution in [3.63, 3.8) is 0 Å². The zero-order valence-electron chi connectivity index (χ0n) is 10.5. The lowest BCUT2D eigenvalue weighted by molar-refractivity contribution is -0.384. The maximum absolute atomic E-state index is 10.5. The fourth-order valence-electron chi connectivity index (χ4n) is 2.16. The van der Waals surface area contributed by atoms with Crippen LogP contribution in [0, 0.1) is 10.1 Å². The number of hydrogen-bond donors (Lipinski definition) is 1. The highest BCUT2D eigenvalue weighted by Gasteiger charge is 2.17. The summed E-state index contributed by atoms with van der Waals surface area (Å²) in [6, 6.07) is 6.58. The highest BCUT2D eigenvalue weighted by molar-refractivity contribution is 5.33. The summed E-state index contributed by atoms with van der Waals surface area (Å²) < 4.78 is 0. The minimum Gasteiger partial charge on any atom is -0.298 e. The summed E-state index contributed by atoms with van der Waals surface area (Å²) >= 11 is 0. The first-order valence-corrected chi connectivity index (χ1v) is 6.32. The number of hydroxylamine groups is 1. The second-order valence-electron chi connectivity index (χ2n) is 4.71. The zero-order valence-corrected chi connectivity index (χ0v) is 10.5. The second-order valence-corrected chi connectivity index (χ2v) is 4.71. The molecule has 18 heavy (non-hydrogen) atoms. The number of nitro groups is 1. The molecule has 0 heterocycles. The number of nitrogens with zero attached hydrogens (tertiary/aromatic N) is 1. The molecule has 1 atom stereocenters. The number of nitro benzene ring substituents is 1. The molecule has 0 bridgehead atoms. The van der Waals surface area contributed by atoms with Crippen molar-refractivity contribution in [2.24, 2.45) is 0 Å². The minimum absolute atomic E-state index is 0.0337. The largest absolute Gasteiger partial charge is 0.298 e. The topological polar surface area (TPSA) is 64.4 Å². The van der Waals surface area contributed by atoms with Crippen molar-refractivity contribution >= 4 is 5.69 Å². The standard InChI is InChI=1S/C13H18N2O3/c1-10(14-18-13-4-2-3-5-13)11-6-8-12(9-7-11)15(16)17/h6-10,13-14H,2-5H2,1H3. The lowest BCUT2D eigenvalue weighted by Gasteiger charge is -2.17. The van der Waals surface area contributed by atoms with Gasteiger partial charge in [-0.15, -0.1) is 0 Å². The van der Waals surface area contributed by atoms with Crippen LogP contribution in [0.15, 0.2) is 24.3 Å². The third kappa shape index (κ3) is 3.27. The number of non-ortho nitro benzene ring substituents is 1. The Hall–Kier alpha value is -1.46. The van der Waals surface area contributed by atoms with Gasteiger partial charge < -0.3 is 0 Å². The normalized spacial score (nSPS) is 17.8. The molecule has 1 aliphatic carbocycles. The Morgan fingerprint density at radius 2 is 1.94 bits per heavy atom. The summed E-state index contributed by atoms with van der Waals surface area (Å²) in [5.41, 5.74) is 4.12. The highest BCUT2D eigenvalue weighted by Crippen LogP contribution is 2.22. The maximum atomic E-state index is 10.5. The van der Waals surface area contributed by atoms with Crippen molar-refractivity contribution in [1.82, 2.24) is 5.48 Å². The Morgan fingerprint density at radius 1 is 1.33 bits per heavy atom. The third-order valence-corrected chi connectivity index (χ3v) is 3.32. The van der Waals surface area contributed by atoms with Crippen molar-refractivity contribution in [3.05, 3.63) is 39.9 Å². The fraction of sp³-hybridized carbons (Fsp3) is 0.538. The first-order valence-electron chi connectivity index (χ1n) is 6.32. The molecule has 1 fully saturated rings. The number of nitrogens with one attached hydrogen (secondary N) is 1. The van der Waals surface area contributed by atoms with E-state index in [-0.39, 0.29) is 11.7 Å². The maximum Gasteiger partial charge on any atom is 0.269 e. The van der Waals surface area contributed by atoms with Gasteiger partial charge in [-0.3, -0.25) is 15.0 Å². The van der Waals surface area contributed by atoms with Crippen molar-refractivity contribution in [2.75, 3.05) is 0 Å². The molecule has 1 aromatic carbocycles. The van der Waals surface area contributed by atoms with E-state index in [0.717, 1.165) is 18.4 Å². The van der Waals surface area contributed by atoms with Crippen LogP contribution in [0.2, 0.25) is 0 Å². The summed E-state index contributed by atoms with van der Waals surface area (Å²) in [7, 11) is 0. The molecule has 98 valence electrons. The lowest BCUT2D eigenvalue weighted by Crippen LogP contribution is -2.24. The van der Waals surface area contributed by atoms with Gasteiger partial charge in [0, 0.05) is 12.1 Å². The van der Waals surface area contributed by atoms with E-state index in [1.54, 1.807) is 12.1 Å². The van der Waals surface area contributed by atoms with Gasteiger partial charge in [-0.25, -0.2) is 0 Å². The molecule has 5 heteroatoms. The van der Waals surface area contributed by atoms with Crippen LogP contribution < -0.4 is 5.48 Å². The van der Waals surface area contributed by atoms with Crippen molar-refractivity contribution in [1.29, 1.82) is 0 Å². The molecule has 2 rings (SSSR count). The van der Waals surface area contributed by atoms with Gasteiger partial charge in [-0.05, 0) is 25.3 Å². The van der Waals surface area contributed by atoms with E-state index < -0.39 is 4.92 Å². The SMILES string of the molecule is CC(NOC1CCCC1)c1ccc([N+](=O)[O-])cc1. The molecule has 1 aliphatic rings. The van der Waals surface area contributed by atoms with Crippen LogP contribution in [0.5, 0.6) is 0 Å². The summed E-state index contributed by atoms with van der Waals surface area (Å²) in [4.78, 5) is 15.8. The van der Waals surface area contributed by atoms with Crippen LogP contribution in [0.25, 0.3) is 0 Å². The molecule has 0 aromatic heterocycles. The molecule has 0 saturated heterocycles. The van der Waals surface area contributed by atoms with Crippen LogP contribution in [-0.2, 0) is 4.84 Å². The summed E-state index contributed by atoms with van der Waals surface area (Å²) in [5, 5.41) is 10.5. The molecule has 5 nitrogen and oxygen atoms in total. The van der Waals surface area contributed by atoms with Gasteiger partial charge >= 0.3 is 0 Å². The van der Waals surface area contributed by atoms with E-state index in [2.05, 4.69) is 5.48 Å². The molecular formula is C13H18N2O3. The molecule has 1 unspecified atom stereocenters. The van der Waals surface area contributed by atoms with Gasteiger partial charge in [-0.1, -0.05) is 25.0 Å². The zero-order chi connectivity index (χ0) is 13.0. The molecule has 1 saturated carbocycles. The Morgan fingerprint density at radius 3 is 2.50 bits per heavy atom.